The number of ether oxygens (including phenoxy) is 2. The minimum atomic E-state index is -0.0171. The summed E-state index contributed by atoms with van der Waals surface area (Å²) in [5.41, 5.74) is 1.25. The van der Waals surface area contributed by atoms with E-state index in [1.807, 2.05) is 58.3 Å². The SMILES string of the molecule is CCCCOc1cccc(C(=O)N2CCCN(C(=O)c3cccc(OCCCC)c3)CC2)c1. The lowest BCUT2D eigenvalue weighted by Crippen LogP contribution is -2.37. The van der Waals surface area contributed by atoms with Crippen LogP contribution in [0.4, 0.5) is 0 Å². The Morgan fingerprint density at radius 2 is 1.18 bits per heavy atom. The molecule has 6 nitrogen and oxygen atoms in total. The third kappa shape index (κ3) is 7.24. The molecule has 1 aliphatic heterocycles. The van der Waals surface area contributed by atoms with Crippen LogP contribution in [0.1, 0.15) is 66.7 Å². The molecular weight excluding hydrogens is 416 g/mol. The number of hydrogen-bond acceptors (Lipinski definition) is 4. The number of rotatable bonds is 10. The fourth-order valence-corrected chi connectivity index (χ4v) is 3.80. The zero-order chi connectivity index (χ0) is 23.5. The molecule has 0 radical (unpaired) electrons. The molecular formula is C27H36N2O4. The molecule has 0 bridgehead atoms. The molecule has 0 aliphatic carbocycles. The van der Waals surface area contributed by atoms with E-state index in [0.29, 0.717) is 50.5 Å². The Balaban J connectivity index is 1.59. The molecule has 3 rings (SSSR count). The van der Waals surface area contributed by atoms with E-state index >= 15 is 0 Å². The molecule has 0 aromatic heterocycles. The van der Waals surface area contributed by atoms with Gasteiger partial charge in [-0.2, -0.15) is 0 Å². The number of hydrogen-bond donors (Lipinski definition) is 0. The lowest BCUT2D eigenvalue weighted by molar-refractivity contribution is 0.0718. The first-order valence-electron chi connectivity index (χ1n) is 12.2. The summed E-state index contributed by atoms with van der Waals surface area (Å²) in [7, 11) is 0. The smallest absolute Gasteiger partial charge is 0.254 e. The number of carbonyl (C=O) groups excluding carboxylic acids is 2. The van der Waals surface area contributed by atoms with Crippen molar-refractivity contribution in [1.29, 1.82) is 0 Å². The van der Waals surface area contributed by atoms with Gasteiger partial charge in [0.2, 0.25) is 0 Å². The van der Waals surface area contributed by atoms with Crippen molar-refractivity contribution in [3.05, 3.63) is 59.7 Å². The van der Waals surface area contributed by atoms with Crippen LogP contribution in [0.5, 0.6) is 11.5 Å². The second-order valence-electron chi connectivity index (χ2n) is 8.40. The second-order valence-corrected chi connectivity index (χ2v) is 8.40. The number of carbonyl (C=O) groups is 2. The Morgan fingerprint density at radius 3 is 1.61 bits per heavy atom. The van der Waals surface area contributed by atoms with Crippen molar-refractivity contribution < 1.29 is 19.1 Å². The monoisotopic (exact) mass is 452 g/mol. The fraction of sp³-hybridized carbons (Fsp3) is 0.481. The summed E-state index contributed by atoms with van der Waals surface area (Å²) in [4.78, 5) is 29.9. The molecule has 178 valence electrons. The van der Waals surface area contributed by atoms with Gasteiger partial charge in [0.05, 0.1) is 13.2 Å². The van der Waals surface area contributed by atoms with Gasteiger partial charge in [-0.1, -0.05) is 38.8 Å². The number of unbranched alkanes of at least 4 members (excludes halogenated alkanes) is 2. The summed E-state index contributed by atoms with van der Waals surface area (Å²) < 4.78 is 11.5. The molecule has 0 atom stereocenters. The Morgan fingerprint density at radius 1 is 0.727 bits per heavy atom. The highest BCUT2D eigenvalue weighted by molar-refractivity contribution is 5.96. The van der Waals surface area contributed by atoms with Crippen LogP contribution in [0.3, 0.4) is 0 Å². The van der Waals surface area contributed by atoms with Crippen LogP contribution in [0.25, 0.3) is 0 Å². The predicted molar refractivity (Wildman–Crippen MR) is 130 cm³/mol. The van der Waals surface area contributed by atoms with E-state index in [2.05, 4.69) is 13.8 Å². The van der Waals surface area contributed by atoms with Crippen molar-refractivity contribution in [2.75, 3.05) is 39.4 Å². The van der Waals surface area contributed by atoms with Gasteiger partial charge in [-0.15, -0.1) is 0 Å². The van der Waals surface area contributed by atoms with Crippen LogP contribution < -0.4 is 9.47 Å². The highest BCUT2D eigenvalue weighted by Gasteiger charge is 2.24. The molecule has 0 saturated carbocycles. The average Bonchev–Trinajstić information content (AvgIpc) is 3.10. The van der Waals surface area contributed by atoms with Gasteiger partial charge >= 0.3 is 0 Å². The van der Waals surface area contributed by atoms with E-state index in [1.54, 1.807) is 0 Å². The normalized spacial score (nSPS) is 14.0. The van der Waals surface area contributed by atoms with Gasteiger partial charge in [-0.3, -0.25) is 9.59 Å². The summed E-state index contributed by atoms with van der Waals surface area (Å²) in [6.45, 7) is 7.83. The van der Waals surface area contributed by atoms with Crippen molar-refractivity contribution in [2.24, 2.45) is 0 Å². The summed E-state index contributed by atoms with van der Waals surface area (Å²) in [5.74, 6) is 1.41. The molecule has 1 heterocycles. The summed E-state index contributed by atoms with van der Waals surface area (Å²) in [6, 6.07) is 14.8. The lowest BCUT2D eigenvalue weighted by atomic mass is 10.2. The highest BCUT2D eigenvalue weighted by atomic mass is 16.5. The van der Waals surface area contributed by atoms with Crippen LogP contribution >= 0.6 is 0 Å². The van der Waals surface area contributed by atoms with Crippen LogP contribution in [-0.2, 0) is 0 Å². The maximum atomic E-state index is 13.1. The zero-order valence-corrected chi connectivity index (χ0v) is 19.9. The fourth-order valence-electron chi connectivity index (χ4n) is 3.80. The topological polar surface area (TPSA) is 59.1 Å². The summed E-state index contributed by atoms with van der Waals surface area (Å²) in [5, 5.41) is 0. The molecule has 2 aromatic carbocycles. The summed E-state index contributed by atoms with van der Waals surface area (Å²) >= 11 is 0. The third-order valence-electron chi connectivity index (χ3n) is 5.77. The minimum absolute atomic E-state index is 0.0171. The lowest BCUT2D eigenvalue weighted by Gasteiger charge is -2.22. The van der Waals surface area contributed by atoms with Crippen molar-refractivity contribution in [1.82, 2.24) is 9.80 Å². The van der Waals surface area contributed by atoms with Crippen LogP contribution in [0, 0.1) is 0 Å². The van der Waals surface area contributed by atoms with E-state index in [0.717, 1.165) is 43.6 Å². The second kappa shape index (κ2) is 12.9. The average molecular weight is 453 g/mol. The van der Waals surface area contributed by atoms with E-state index in [-0.39, 0.29) is 11.8 Å². The van der Waals surface area contributed by atoms with Crippen molar-refractivity contribution in [3.63, 3.8) is 0 Å². The number of amides is 2. The Labute approximate surface area is 197 Å². The van der Waals surface area contributed by atoms with Crippen molar-refractivity contribution in [2.45, 2.75) is 46.0 Å². The first kappa shape index (κ1) is 24.6. The maximum absolute atomic E-state index is 13.1. The molecule has 2 aromatic rings. The first-order chi connectivity index (χ1) is 16.1. The van der Waals surface area contributed by atoms with E-state index in [9.17, 15) is 9.59 Å². The molecule has 2 amide bonds. The maximum Gasteiger partial charge on any atom is 0.254 e. The Kier molecular flexibility index (Phi) is 9.60. The number of benzene rings is 2. The largest absolute Gasteiger partial charge is 0.494 e. The predicted octanol–water partition coefficient (Wildman–Crippen LogP) is 5.03. The van der Waals surface area contributed by atoms with E-state index < -0.39 is 0 Å². The molecule has 1 fully saturated rings. The van der Waals surface area contributed by atoms with Gasteiger partial charge < -0.3 is 19.3 Å². The van der Waals surface area contributed by atoms with Gasteiger partial charge in [0.25, 0.3) is 11.8 Å². The molecule has 0 spiro atoms. The highest BCUT2D eigenvalue weighted by Crippen LogP contribution is 2.19. The first-order valence-corrected chi connectivity index (χ1v) is 12.2. The zero-order valence-electron chi connectivity index (χ0n) is 19.9. The van der Waals surface area contributed by atoms with Crippen molar-refractivity contribution >= 4 is 11.8 Å². The molecule has 1 aliphatic rings. The third-order valence-corrected chi connectivity index (χ3v) is 5.77. The van der Waals surface area contributed by atoms with Gasteiger partial charge in [0.1, 0.15) is 11.5 Å². The van der Waals surface area contributed by atoms with E-state index in [4.69, 9.17) is 9.47 Å². The standard InChI is InChI=1S/C27H36N2O4/c1-3-5-18-32-24-12-7-10-22(20-24)26(30)28-14-9-15-29(17-16-28)27(31)23-11-8-13-25(21-23)33-19-6-4-2/h7-8,10-13,20-21H,3-6,9,14-19H2,1-2H3. The van der Waals surface area contributed by atoms with Crippen LogP contribution in [-0.4, -0.2) is 61.0 Å². The quantitative estimate of drug-likeness (QED) is 0.474. The van der Waals surface area contributed by atoms with Crippen LogP contribution in [0.15, 0.2) is 48.5 Å². The molecule has 1 saturated heterocycles. The van der Waals surface area contributed by atoms with Gasteiger partial charge in [0.15, 0.2) is 0 Å². The van der Waals surface area contributed by atoms with Crippen LogP contribution in [0.2, 0.25) is 0 Å². The Bertz CT molecular complexity index is 841. The molecule has 6 heteroatoms. The number of nitrogens with zero attached hydrogens (tertiary/aromatic N) is 2. The van der Waals surface area contributed by atoms with Gasteiger partial charge in [0, 0.05) is 37.3 Å². The summed E-state index contributed by atoms with van der Waals surface area (Å²) in [6.07, 6.45) is 4.86. The van der Waals surface area contributed by atoms with Gasteiger partial charge in [-0.25, -0.2) is 0 Å². The van der Waals surface area contributed by atoms with E-state index in [1.165, 1.54) is 0 Å². The molecule has 33 heavy (non-hydrogen) atoms. The minimum Gasteiger partial charge on any atom is -0.494 e. The van der Waals surface area contributed by atoms with Gasteiger partial charge in [-0.05, 0) is 55.7 Å². The Hall–Kier alpha value is -3.02. The molecule has 0 N–H and O–H groups in total. The molecule has 0 unspecified atom stereocenters. The van der Waals surface area contributed by atoms with Crippen molar-refractivity contribution in [3.8, 4) is 11.5 Å².